The van der Waals surface area contributed by atoms with Crippen molar-refractivity contribution in [2.24, 2.45) is 5.92 Å². The molecule has 0 radical (unpaired) electrons. The molecule has 3 amide bonds. The number of benzene rings is 5. The lowest BCUT2D eigenvalue weighted by Crippen LogP contribution is -2.52. The van der Waals surface area contributed by atoms with E-state index in [0.29, 0.717) is 46.9 Å². The molecule has 1 saturated heterocycles. The van der Waals surface area contributed by atoms with Crippen LogP contribution in [0.25, 0.3) is 0 Å². The van der Waals surface area contributed by atoms with Crippen LogP contribution < -0.4 is 24.9 Å². The molecule has 2 N–H and O–H groups in total. The number of rotatable bonds is 10. The molecule has 1 fully saturated rings. The van der Waals surface area contributed by atoms with Gasteiger partial charge in [-0.15, -0.1) is 0 Å². The van der Waals surface area contributed by atoms with E-state index in [1.807, 2.05) is 72.8 Å². The maximum Gasteiger partial charge on any atom is 0.268 e. The molecule has 5 aromatic rings. The number of nitrogens with zero attached hydrogens (tertiary/aromatic N) is 2. The van der Waals surface area contributed by atoms with E-state index in [0.717, 1.165) is 22.1 Å². The SMILES string of the molecule is COc1ccc(C(=O)Nc2ccc3c(c2)[C@@]2(O[C@H](CC(=O)N4Cc5ccccc5C[C@H]4CO)[C@@H]([Si](C)(C)c4ccc(OC)cc4)[C@@H]2C)C(=O)N3c2ccccc2)cc1. The molecule has 5 aromatic carbocycles. The van der Waals surface area contributed by atoms with Crippen LogP contribution in [0, 0.1) is 5.92 Å². The summed E-state index contributed by atoms with van der Waals surface area (Å²) in [4.78, 5) is 47.2. The van der Waals surface area contributed by atoms with Crippen molar-refractivity contribution in [3.05, 3.63) is 144 Å². The second-order valence-electron chi connectivity index (χ2n) is 16.1. The van der Waals surface area contributed by atoms with Gasteiger partial charge in [0.2, 0.25) is 5.91 Å². The largest absolute Gasteiger partial charge is 0.497 e. The number of carbonyl (C=O) groups excluding carboxylic acids is 3. The first-order valence-electron chi connectivity index (χ1n) is 19.8. The highest BCUT2D eigenvalue weighted by molar-refractivity contribution is 6.91. The van der Waals surface area contributed by atoms with Gasteiger partial charge in [-0.1, -0.05) is 79.8 Å². The number of ether oxygens (including phenoxy) is 3. The van der Waals surface area contributed by atoms with Gasteiger partial charge in [0.15, 0.2) is 5.60 Å². The number of anilines is 3. The van der Waals surface area contributed by atoms with Gasteiger partial charge in [-0.05, 0) is 89.8 Å². The van der Waals surface area contributed by atoms with Gasteiger partial charge in [-0.2, -0.15) is 0 Å². The quantitative estimate of drug-likeness (QED) is 0.144. The average molecular weight is 796 g/mol. The number of hydrogen-bond acceptors (Lipinski definition) is 7. The summed E-state index contributed by atoms with van der Waals surface area (Å²) >= 11 is 0. The van der Waals surface area contributed by atoms with E-state index in [1.54, 1.807) is 54.4 Å². The number of methoxy groups -OCH3 is 2. The topological polar surface area (TPSA) is 118 Å². The van der Waals surface area contributed by atoms with E-state index in [4.69, 9.17) is 14.2 Å². The van der Waals surface area contributed by atoms with Crippen LogP contribution >= 0.6 is 0 Å². The highest BCUT2D eigenvalue weighted by atomic mass is 28.3. The van der Waals surface area contributed by atoms with Gasteiger partial charge in [-0.3, -0.25) is 19.3 Å². The number of aliphatic hydroxyl groups excluding tert-OH is 1. The van der Waals surface area contributed by atoms with Crippen molar-refractivity contribution in [3.8, 4) is 11.5 Å². The molecule has 11 heteroatoms. The van der Waals surface area contributed by atoms with Gasteiger partial charge in [0, 0.05) is 35.0 Å². The fourth-order valence-corrected chi connectivity index (χ4v) is 13.6. The van der Waals surface area contributed by atoms with Gasteiger partial charge in [0.1, 0.15) is 11.5 Å². The Morgan fingerprint density at radius 3 is 2.16 bits per heavy atom. The summed E-state index contributed by atoms with van der Waals surface area (Å²) in [6.45, 7) is 6.87. The Morgan fingerprint density at radius 2 is 1.50 bits per heavy atom. The lowest BCUT2D eigenvalue weighted by Gasteiger charge is -2.39. The van der Waals surface area contributed by atoms with Crippen LogP contribution in [0.3, 0.4) is 0 Å². The minimum atomic E-state index is -2.60. The average Bonchev–Trinajstić information content (AvgIpc) is 3.69. The van der Waals surface area contributed by atoms with Crippen molar-refractivity contribution in [1.82, 2.24) is 4.90 Å². The second kappa shape index (κ2) is 15.5. The van der Waals surface area contributed by atoms with Crippen LogP contribution in [0.15, 0.2) is 121 Å². The van der Waals surface area contributed by atoms with Gasteiger partial charge in [-0.25, -0.2) is 0 Å². The monoisotopic (exact) mass is 795 g/mol. The van der Waals surface area contributed by atoms with Gasteiger partial charge in [0.25, 0.3) is 11.8 Å². The minimum absolute atomic E-state index is 0.0316. The lowest BCUT2D eigenvalue weighted by atomic mass is 9.82. The fourth-order valence-electron chi connectivity index (χ4n) is 9.63. The van der Waals surface area contributed by atoms with E-state index >= 15 is 4.79 Å². The van der Waals surface area contributed by atoms with Gasteiger partial charge in [0.05, 0.1) is 53.2 Å². The molecule has 3 aliphatic rings. The highest BCUT2D eigenvalue weighted by Crippen LogP contribution is 2.61. The van der Waals surface area contributed by atoms with Crippen molar-refractivity contribution >= 4 is 48.0 Å². The third kappa shape index (κ3) is 6.66. The summed E-state index contributed by atoms with van der Waals surface area (Å²) in [6.07, 6.45) is -0.0557. The third-order valence-corrected chi connectivity index (χ3v) is 17.0. The number of amides is 3. The molecule has 3 aliphatic heterocycles. The van der Waals surface area contributed by atoms with E-state index in [1.165, 1.54) is 0 Å². The summed E-state index contributed by atoms with van der Waals surface area (Å²) in [5.41, 5.74) is 3.46. The maximum atomic E-state index is 15.4. The summed E-state index contributed by atoms with van der Waals surface area (Å²) in [5, 5.41) is 14.7. The highest BCUT2D eigenvalue weighted by Gasteiger charge is 2.67. The van der Waals surface area contributed by atoms with Crippen molar-refractivity contribution in [2.45, 2.75) is 62.7 Å². The van der Waals surface area contributed by atoms with E-state index < -0.39 is 25.7 Å². The molecule has 58 heavy (non-hydrogen) atoms. The molecule has 0 saturated carbocycles. The summed E-state index contributed by atoms with van der Waals surface area (Å²) in [5.74, 6) is 0.325. The Bertz CT molecular complexity index is 2340. The minimum Gasteiger partial charge on any atom is -0.497 e. The smallest absolute Gasteiger partial charge is 0.268 e. The first-order chi connectivity index (χ1) is 28.0. The van der Waals surface area contributed by atoms with Crippen molar-refractivity contribution in [1.29, 1.82) is 0 Å². The number of hydrogen-bond donors (Lipinski definition) is 2. The summed E-state index contributed by atoms with van der Waals surface area (Å²) in [6, 6.07) is 37.7. The Morgan fingerprint density at radius 1 is 0.862 bits per heavy atom. The number of fused-ring (bicyclic) bond motifs is 3. The predicted octanol–water partition coefficient (Wildman–Crippen LogP) is 7.19. The van der Waals surface area contributed by atoms with Gasteiger partial charge < -0.3 is 29.5 Å². The lowest BCUT2D eigenvalue weighted by molar-refractivity contribution is -0.150. The molecular weight excluding hydrogens is 747 g/mol. The Kier molecular flexibility index (Phi) is 10.5. The zero-order valence-electron chi connectivity index (χ0n) is 33.5. The summed E-state index contributed by atoms with van der Waals surface area (Å²) < 4.78 is 18.1. The van der Waals surface area contributed by atoms with Crippen molar-refractivity contribution in [3.63, 3.8) is 0 Å². The third-order valence-electron chi connectivity index (χ3n) is 12.6. The molecule has 298 valence electrons. The van der Waals surface area contributed by atoms with E-state index in [-0.39, 0.29) is 42.3 Å². The van der Waals surface area contributed by atoms with Crippen LogP contribution in [-0.4, -0.2) is 68.8 Å². The van der Waals surface area contributed by atoms with Crippen LogP contribution in [0.1, 0.15) is 40.4 Å². The molecular formula is C47H49N3O7Si. The first-order valence-corrected chi connectivity index (χ1v) is 22.9. The predicted molar refractivity (Wildman–Crippen MR) is 227 cm³/mol. The van der Waals surface area contributed by atoms with Crippen LogP contribution in [0.2, 0.25) is 18.6 Å². The van der Waals surface area contributed by atoms with Crippen LogP contribution in [-0.2, 0) is 32.9 Å². The second-order valence-corrected chi connectivity index (χ2v) is 20.8. The Balaban J connectivity index is 1.22. The molecule has 5 atom stereocenters. The van der Waals surface area contributed by atoms with Crippen molar-refractivity contribution in [2.75, 3.05) is 31.0 Å². The molecule has 3 heterocycles. The van der Waals surface area contributed by atoms with Crippen molar-refractivity contribution < 1.29 is 33.7 Å². The number of carbonyl (C=O) groups is 3. The first kappa shape index (κ1) is 39.1. The van der Waals surface area contributed by atoms with Crippen LogP contribution in [0.5, 0.6) is 11.5 Å². The zero-order valence-corrected chi connectivity index (χ0v) is 34.5. The van der Waals surface area contributed by atoms with E-state index in [2.05, 4.69) is 43.5 Å². The summed E-state index contributed by atoms with van der Waals surface area (Å²) in [7, 11) is 0.621. The molecule has 0 aliphatic carbocycles. The molecule has 0 aromatic heterocycles. The Hall–Kier alpha value is -5.75. The fraction of sp³-hybridized carbons (Fsp3) is 0.298. The van der Waals surface area contributed by atoms with E-state index in [9.17, 15) is 14.7 Å². The normalized spacial score (nSPS) is 22.4. The van der Waals surface area contributed by atoms with Crippen LogP contribution in [0.4, 0.5) is 17.1 Å². The van der Waals surface area contributed by atoms with Gasteiger partial charge >= 0.3 is 0 Å². The number of para-hydroxylation sites is 1. The zero-order chi connectivity index (χ0) is 40.8. The molecule has 0 bridgehead atoms. The molecule has 10 nitrogen and oxygen atoms in total. The molecule has 8 rings (SSSR count). The Labute approximate surface area is 340 Å². The maximum absolute atomic E-state index is 15.4. The number of nitrogens with one attached hydrogen (secondary N) is 1. The number of aliphatic hydroxyl groups is 1. The standard InChI is InChI=1S/C47H49N3O7Si/c1-30-44(58(4,5)39-22-20-38(56-3)21-23-39)42(27-43(52)49-28-33-12-10-9-11-32(33)25-36(49)29-51)57-47(30)40-26-34(48-45(53)31-15-18-37(55-2)19-16-31)17-24-41(40)50(46(47)54)35-13-7-6-8-14-35/h6-24,26,30,36,42,44,51H,25,27-29H2,1-5H3,(H,48,53)/t30-,36-,42+,44-,47+/m0/s1. The molecule has 0 unspecified atom stereocenters. The molecule has 1 spiro atoms.